The lowest BCUT2D eigenvalue weighted by Gasteiger charge is -2.19. The molecule has 0 fully saturated rings. The summed E-state index contributed by atoms with van der Waals surface area (Å²) in [4.78, 5) is 11.5. The zero-order valence-electron chi connectivity index (χ0n) is 12.4. The summed E-state index contributed by atoms with van der Waals surface area (Å²) >= 11 is 0. The van der Waals surface area contributed by atoms with Crippen molar-refractivity contribution in [3.8, 4) is 11.5 Å². The molecule has 0 unspecified atom stereocenters. The Labute approximate surface area is 119 Å². The molecule has 0 atom stereocenters. The number of aliphatic hydroxyl groups excluding tert-OH is 1. The van der Waals surface area contributed by atoms with Crippen LogP contribution in [0.25, 0.3) is 0 Å². The zero-order valence-corrected chi connectivity index (χ0v) is 12.4. The number of esters is 1. The minimum absolute atomic E-state index is 0.0610. The monoisotopic (exact) mass is 282 g/mol. The fourth-order valence-corrected chi connectivity index (χ4v) is 1.57. The molecule has 0 saturated carbocycles. The first-order valence-corrected chi connectivity index (χ1v) is 6.48. The van der Waals surface area contributed by atoms with Crippen molar-refractivity contribution in [3.05, 3.63) is 23.8 Å². The molecule has 20 heavy (non-hydrogen) atoms. The first-order chi connectivity index (χ1) is 9.35. The summed E-state index contributed by atoms with van der Waals surface area (Å²) in [5.41, 5.74) is 0.249. The lowest BCUT2D eigenvalue weighted by molar-refractivity contribution is -0.155. The number of carbonyl (C=O) groups is 1. The van der Waals surface area contributed by atoms with Gasteiger partial charge >= 0.3 is 5.97 Å². The standard InChI is InChI=1S/C15H22O5/c1-15(2,3)20-14(17)7-8-19-12-6-5-11(10-16)9-13(12)18-4/h5-6,9,16H,7-8,10H2,1-4H3. The van der Waals surface area contributed by atoms with Gasteiger partial charge < -0.3 is 19.3 Å². The molecule has 1 N–H and O–H groups in total. The molecule has 0 aromatic heterocycles. The highest BCUT2D eigenvalue weighted by molar-refractivity contribution is 5.70. The average Bonchev–Trinajstić information content (AvgIpc) is 2.36. The number of hydrogen-bond donors (Lipinski definition) is 1. The van der Waals surface area contributed by atoms with E-state index in [-0.39, 0.29) is 25.6 Å². The maximum Gasteiger partial charge on any atom is 0.309 e. The molecule has 0 aliphatic rings. The Kier molecular flexibility index (Phi) is 5.82. The van der Waals surface area contributed by atoms with Crippen LogP contribution >= 0.6 is 0 Å². The van der Waals surface area contributed by atoms with Gasteiger partial charge in [-0.05, 0) is 38.5 Å². The third kappa shape index (κ3) is 5.48. The van der Waals surface area contributed by atoms with Crippen molar-refractivity contribution in [1.82, 2.24) is 0 Å². The van der Waals surface area contributed by atoms with Gasteiger partial charge in [-0.15, -0.1) is 0 Å². The quantitative estimate of drug-likeness (QED) is 0.811. The number of carbonyl (C=O) groups excluding carboxylic acids is 1. The van der Waals surface area contributed by atoms with Crippen LogP contribution in [0.2, 0.25) is 0 Å². The van der Waals surface area contributed by atoms with Gasteiger partial charge in [0.2, 0.25) is 0 Å². The summed E-state index contributed by atoms with van der Waals surface area (Å²) in [6.45, 7) is 5.62. The molecule has 5 heteroatoms. The zero-order chi connectivity index (χ0) is 15.2. The molecule has 0 aliphatic heterocycles. The van der Waals surface area contributed by atoms with Crippen molar-refractivity contribution in [2.75, 3.05) is 13.7 Å². The van der Waals surface area contributed by atoms with E-state index in [1.165, 1.54) is 7.11 Å². The molecule has 112 valence electrons. The Hall–Kier alpha value is -1.75. The van der Waals surface area contributed by atoms with Crippen LogP contribution in [0.15, 0.2) is 18.2 Å². The van der Waals surface area contributed by atoms with Gasteiger partial charge in [-0.25, -0.2) is 0 Å². The fraction of sp³-hybridized carbons (Fsp3) is 0.533. The second kappa shape index (κ2) is 7.14. The van der Waals surface area contributed by atoms with Crippen LogP contribution in [0.4, 0.5) is 0 Å². The van der Waals surface area contributed by atoms with E-state index in [0.717, 1.165) is 5.56 Å². The molecule has 0 radical (unpaired) electrons. The Bertz CT molecular complexity index is 448. The molecule has 0 bridgehead atoms. The van der Waals surface area contributed by atoms with E-state index >= 15 is 0 Å². The molecule has 0 spiro atoms. The van der Waals surface area contributed by atoms with Crippen molar-refractivity contribution in [1.29, 1.82) is 0 Å². The molecule has 1 aromatic rings. The van der Waals surface area contributed by atoms with Gasteiger partial charge in [0.15, 0.2) is 11.5 Å². The number of methoxy groups -OCH3 is 1. The highest BCUT2D eigenvalue weighted by atomic mass is 16.6. The summed E-state index contributed by atoms with van der Waals surface area (Å²) in [7, 11) is 1.53. The Balaban J connectivity index is 2.52. The van der Waals surface area contributed by atoms with E-state index in [4.69, 9.17) is 19.3 Å². The largest absolute Gasteiger partial charge is 0.493 e. The van der Waals surface area contributed by atoms with Crippen molar-refractivity contribution >= 4 is 5.97 Å². The first-order valence-electron chi connectivity index (χ1n) is 6.48. The van der Waals surface area contributed by atoms with Crippen molar-refractivity contribution in [2.24, 2.45) is 0 Å². The van der Waals surface area contributed by atoms with Crippen LogP contribution in [0.3, 0.4) is 0 Å². The fourth-order valence-electron chi connectivity index (χ4n) is 1.57. The van der Waals surface area contributed by atoms with Gasteiger partial charge in [0.05, 0.1) is 26.7 Å². The summed E-state index contributed by atoms with van der Waals surface area (Å²) in [6, 6.07) is 5.15. The molecule has 0 heterocycles. The van der Waals surface area contributed by atoms with Crippen LogP contribution in [0.1, 0.15) is 32.8 Å². The maximum atomic E-state index is 11.5. The van der Waals surface area contributed by atoms with Gasteiger partial charge in [0.25, 0.3) is 0 Å². The molecule has 1 aromatic carbocycles. The van der Waals surface area contributed by atoms with Gasteiger partial charge in [0.1, 0.15) is 5.60 Å². The topological polar surface area (TPSA) is 65.0 Å². The van der Waals surface area contributed by atoms with Crippen LogP contribution in [-0.4, -0.2) is 30.4 Å². The molecule has 0 amide bonds. The number of benzene rings is 1. The lowest BCUT2D eigenvalue weighted by Crippen LogP contribution is -2.24. The normalized spacial score (nSPS) is 11.1. The SMILES string of the molecule is COc1cc(CO)ccc1OCCC(=O)OC(C)(C)C. The molecule has 0 aliphatic carbocycles. The number of hydrogen-bond acceptors (Lipinski definition) is 5. The predicted octanol–water partition coefficient (Wildman–Crippen LogP) is 2.30. The molecular weight excluding hydrogens is 260 g/mol. The lowest BCUT2D eigenvalue weighted by atomic mass is 10.2. The maximum absolute atomic E-state index is 11.5. The molecule has 1 rings (SSSR count). The summed E-state index contributed by atoms with van der Waals surface area (Å²) < 4.78 is 15.9. The van der Waals surface area contributed by atoms with Gasteiger partial charge in [0, 0.05) is 0 Å². The average molecular weight is 282 g/mol. The molecule has 5 nitrogen and oxygen atoms in total. The van der Waals surface area contributed by atoms with E-state index in [9.17, 15) is 4.79 Å². The third-order valence-corrected chi connectivity index (χ3v) is 2.39. The highest BCUT2D eigenvalue weighted by Crippen LogP contribution is 2.28. The van der Waals surface area contributed by atoms with Crippen LogP contribution in [-0.2, 0) is 16.1 Å². The van der Waals surface area contributed by atoms with Crippen LogP contribution in [0.5, 0.6) is 11.5 Å². The van der Waals surface area contributed by atoms with E-state index in [0.29, 0.717) is 11.5 Å². The number of ether oxygens (including phenoxy) is 3. The molecular formula is C15H22O5. The number of rotatable bonds is 6. The van der Waals surface area contributed by atoms with E-state index < -0.39 is 5.60 Å². The van der Waals surface area contributed by atoms with Gasteiger partial charge in [-0.3, -0.25) is 4.79 Å². The molecule has 0 saturated heterocycles. The smallest absolute Gasteiger partial charge is 0.309 e. The Morgan fingerprint density at radius 2 is 1.95 bits per heavy atom. The minimum atomic E-state index is -0.489. The van der Waals surface area contributed by atoms with Crippen LogP contribution < -0.4 is 9.47 Å². The van der Waals surface area contributed by atoms with E-state index in [2.05, 4.69) is 0 Å². The van der Waals surface area contributed by atoms with Crippen molar-refractivity contribution < 1.29 is 24.1 Å². The van der Waals surface area contributed by atoms with Crippen molar-refractivity contribution in [3.63, 3.8) is 0 Å². The second-order valence-electron chi connectivity index (χ2n) is 5.33. The van der Waals surface area contributed by atoms with Crippen LogP contribution in [0, 0.1) is 0 Å². The predicted molar refractivity (Wildman–Crippen MR) is 74.9 cm³/mol. The summed E-state index contributed by atoms with van der Waals surface area (Å²) in [5, 5.41) is 9.05. The van der Waals surface area contributed by atoms with Crippen molar-refractivity contribution in [2.45, 2.75) is 39.4 Å². The second-order valence-corrected chi connectivity index (χ2v) is 5.33. The third-order valence-electron chi connectivity index (χ3n) is 2.39. The van der Waals surface area contributed by atoms with E-state index in [1.54, 1.807) is 18.2 Å². The highest BCUT2D eigenvalue weighted by Gasteiger charge is 2.16. The van der Waals surface area contributed by atoms with E-state index in [1.807, 2.05) is 20.8 Å². The van der Waals surface area contributed by atoms with Gasteiger partial charge in [-0.2, -0.15) is 0 Å². The minimum Gasteiger partial charge on any atom is -0.493 e. The Morgan fingerprint density at radius 3 is 2.50 bits per heavy atom. The summed E-state index contributed by atoms with van der Waals surface area (Å²) in [6.07, 6.45) is 0.169. The Morgan fingerprint density at radius 1 is 1.25 bits per heavy atom. The number of aliphatic hydroxyl groups is 1. The summed E-state index contributed by atoms with van der Waals surface area (Å²) in [5.74, 6) is 0.762. The van der Waals surface area contributed by atoms with Gasteiger partial charge in [-0.1, -0.05) is 6.07 Å². The first kappa shape index (κ1) is 16.3.